The van der Waals surface area contributed by atoms with Gasteiger partial charge in [-0.15, -0.1) is 15.3 Å². The Morgan fingerprint density at radius 1 is 0.744 bits per heavy atom. The van der Waals surface area contributed by atoms with E-state index in [9.17, 15) is 20.4 Å². The van der Waals surface area contributed by atoms with Gasteiger partial charge in [0.05, 0.1) is 18.9 Å². The molecule has 12 nitrogen and oxygen atoms in total. The summed E-state index contributed by atoms with van der Waals surface area (Å²) >= 11 is 0.976. The summed E-state index contributed by atoms with van der Waals surface area (Å²) in [4.78, 5) is 4.84. The number of anilines is 1. The molecule has 43 heavy (non-hydrogen) atoms. The maximum Gasteiger partial charge on any atom is 0.262 e. The van der Waals surface area contributed by atoms with Gasteiger partial charge >= 0.3 is 0 Å². The molecule has 220 valence electrons. The monoisotopic (exact) mass is 599 g/mol. The maximum absolute atomic E-state index is 10.7. The van der Waals surface area contributed by atoms with Gasteiger partial charge in [-0.1, -0.05) is 103 Å². The SMILES string of the molecule is OC[C@H]1O[C@@H](SC2=NN=C(c3ccccc3)CN2Nc2nnc(-c3ccccc3)c(-c3ccccc3)n2)[C@H](O)[C@@H](O)[C@@H]1O. The zero-order valence-corrected chi connectivity index (χ0v) is 23.6. The average molecular weight is 600 g/mol. The van der Waals surface area contributed by atoms with Crippen LogP contribution < -0.4 is 5.43 Å². The number of amidine groups is 1. The Bertz CT molecular complexity index is 1590. The standard InChI is InChI=1S/C30H29N7O5S/c38-17-22-25(39)26(40)27(41)28(42-22)43-30-35-32-21(18-10-4-1-5-11-18)16-37(30)36-29-31-23(19-12-6-2-7-13-19)24(33-34-29)20-14-8-3-9-15-20/h1-15,22,25-28,38-41H,16-17H2,(H,31,34,36)/t22-,25-,26+,27-,28+/m1/s1. The predicted molar refractivity (Wildman–Crippen MR) is 163 cm³/mol. The number of rotatable bonds is 7. The molecule has 0 aliphatic carbocycles. The van der Waals surface area contributed by atoms with Crippen molar-refractivity contribution in [2.45, 2.75) is 29.9 Å². The molecular weight excluding hydrogens is 570 g/mol. The molecule has 2 aliphatic heterocycles. The first kappa shape index (κ1) is 28.9. The van der Waals surface area contributed by atoms with E-state index >= 15 is 0 Å². The van der Waals surface area contributed by atoms with Crippen LogP contribution in [0.5, 0.6) is 0 Å². The van der Waals surface area contributed by atoms with Gasteiger partial charge in [0.25, 0.3) is 5.95 Å². The number of hydrogen-bond donors (Lipinski definition) is 5. The van der Waals surface area contributed by atoms with Crippen molar-refractivity contribution >= 4 is 28.6 Å². The van der Waals surface area contributed by atoms with E-state index in [2.05, 4.69) is 25.8 Å². The van der Waals surface area contributed by atoms with Crippen LogP contribution in [0, 0.1) is 0 Å². The Morgan fingerprint density at radius 3 is 1.98 bits per heavy atom. The second kappa shape index (κ2) is 13.0. The Kier molecular flexibility index (Phi) is 8.69. The van der Waals surface area contributed by atoms with Crippen molar-refractivity contribution in [3.8, 4) is 22.5 Å². The number of aliphatic hydroxyl groups excluding tert-OH is 4. The minimum absolute atomic E-state index is 0.190. The highest BCUT2D eigenvalue weighted by Gasteiger charge is 2.45. The normalized spacial score (nSPS) is 23.8. The second-order valence-electron chi connectivity index (χ2n) is 9.87. The fourth-order valence-corrected chi connectivity index (χ4v) is 5.74. The highest BCUT2D eigenvalue weighted by molar-refractivity contribution is 8.14. The van der Waals surface area contributed by atoms with Gasteiger partial charge in [0.15, 0.2) is 0 Å². The van der Waals surface area contributed by atoms with E-state index in [-0.39, 0.29) is 17.7 Å². The zero-order chi connectivity index (χ0) is 29.8. The number of ether oxygens (including phenoxy) is 1. The lowest BCUT2D eigenvalue weighted by Crippen LogP contribution is -2.58. The van der Waals surface area contributed by atoms with Crippen molar-refractivity contribution in [2.75, 3.05) is 18.6 Å². The molecule has 0 saturated carbocycles. The number of thioether (sulfide) groups is 1. The third kappa shape index (κ3) is 6.27. The van der Waals surface area contributed by atoms with E-state index in [1.165, 1.54) is 0 Å². The quantitative estimate of drug-likeness (QED) is 0.211. The molecule has 13 heteroatoms. The van der Waals surface area contributed by atoms with Crippen LogP contribution in [0.1, 0.15) is 5.56 Å². The average Bonchev–Trinajstić information content (AvgIpc) is 3.07. The lowest BCUT2D eigenvalue weighted by Gasteiger charge is -2.40. The summed E-state index contributed by atoms with van der Waals surface area (Å²) in [7, 11) is 0. The number of hydrogen-bond acceptors (Lipinski definition) is 13. The molecule has 6 rings (SSSR count). The lowest BCUT2D eigenvalue weighted by molar-refractivity contribution is -0.205. The highest BCUT2D eigenvalue weighted by Crippen LogP contribution is 2.32. The smallest absolute Gasteiger partial charge is 0.262 e. The van der Waals surface area contributed by atoms with E-state index < -0.39 is 36.5 Å². The van der Waals surface area contributed by atoms with Crippen LogP contribution in [0.25, 0.3) is 22.5 Å². The Labute approximate surface area is 251 Å². The molecule has 0 unspecified atom stereocenters. The molecule has 5 atom stereocenters. The van der Waals surface area contributed by atoms with Crippen molar-refractivity contribution in [1.82, 2.24) is 20.2 Å². The number of nitrogens with one attached hydrogen (secondary N) is 1. The van der Waals surface area contributed by atoms with Gasteiger partial charge in [-0.25, -0.2) is 4.98 Å². The number of benzene rings is 3. The third-order valence-electron chi connectivity index (χ3n) is 6.99. The summed E-state index contributed by atoms with van der Waals surface area (Å²) in [5.74, 6) is 0.190. The minimum atomic E-state index is -1.52. The fourth-order valence-electron chi connectivity index (χ4n) is 4.71. The third-order valence-corrected chi connectivity index (χ3v) is 8.12. The maximum atomic E-state index is 10.7. The van der Waals surface area contributed by atoms with Crippen molar-refractivity contribution in [3.63, 3.8) is 0 Å². The molecule has 0 amide bonds. The van der Waals surface area contributed by atoms with Crippen molar-refractivity contribution in [2.24, 2.45) is 10.2 Å². The summed E-state index contributed by atoms with van der Waals surface area (Å²) in [6.07, 6.45) is -5.51. The summed E-state index contributed by atoms with van der Waals surface area (Å²) in [5, 5.41) is 60.4. The molecule has 2 aliphatic rings. The van der Waals surface area contributed by atoms with Crippen LogP contribution in [0.4, 0.5) is 5.95 Å². The summed E-state index contributed by atoms with van der Waals surface area (Å²) < 4.78 is 5.71. The Hall–Kier alpha value is -4.24. The molecule has 4 aromatic rings. The Balaban J connectivity index is 1.34. The van der Waals surface area contributed by atoms with Crippen molar-refractivity contribution < 1.29 is 25.2 Å². The molecule has 1 aromatic heterocycles. The van der Waals surface area contributed by atoms with Crippen LogP contribution in [-0.2, 0) is 4.74 Å². The fraction of sp³-hybridized carbons (Fsp3) is 0.233. The predicted octanol–water partition coefficient (Wildman–Crippen LogP) is 2.14. The van der Waals surface area contributed by atoms with Crippen molar-refractivity contribution in [3.05, 3.63) is 96.6 Å². The van der Waals surface area contributed by atoms with E-state index in [0.29, 0.717) is 17.1 Å². The van der Waals surface area contributed by atoms with Gasteiger partial charge in [-0.3, -0.25) is 10.4 Å². The van der Waals surface area contributed by atoms with Gasteiger partial charge in [0, 0.05) is 11.1 Å². The minimum Gasteiger partial charge on any atom is -0.394 e. The van der Waals surface area contributed by atoms with E-state index in [0.717, 1.165) is 28.5 Å². The first-order chi connectivity index (χ1) is 21.0. The van der Waals surface area contributed by atoms with E-state index in [1.54, 1.807) is 5.01 Å². The largest absolute Gasteiger partial charge is 0.394 e. The molecule has 0 radical (unpaired) electrons. The van der Waals surface area contributed by atoms with Crippen molar-refractivity contribution in [1.29, 1.82) is 0 Å². The van der Waals surface area contributed by atoms with Crippen LogP contribution in [0.15, 0.2) is 101 Å². The van der Waals surface area contributed by atoms with Crippen LogP contribution in [0.3, 0.4) is 0 Å². The van der Waals surface area contributed by atoms with Gasteiger partial charge in [-0.05, 0) is 5.56 Å². The lowest BCUT2D eigenvalue weighted by atomic mass is 10.0. The van der Waals surface area contributed by atoms with E-state index in [4.69, 9.17) is 9.72 Å². The molecule has 5 N–H and O–H groups in total. The number of nitrogens with zero attached hydrogens (tertiary/aromatic N) is 6. The van der Waals surface area contributed by atoms with Crippen LogP contribution >= 0.6 is 11.8 Å². The number of hydrazine groups is 1. The highest BCUT2D eigenvalue weighted by atomic mass is 32.2. The van der Waals surface area contributed by atoms with Gasteiger partial charge < -0.3 is 25.2 Å². The zero-order valence-electron chi connectivity index (χ0n) is 22.7. The summed E-state index contributed by atoms with van der Waals surface area (Å²) in [6.45, 7) is -0.306. The molecule has 0 spiro atoms. The topological polar surface area (TPSA) is 169 Å². The van der Waals surface area contributed by atoms with Crippen LogP contribution in [-0.4, -0.2) is 94.5 Å². The summed E-state index contributed by atoms with van der Waals surface area (Å²) in [6, 6.07) is 28.9. The molecule has 1 fully saturated rings. The summed E-state index contributed by atoms with van der Waals surface area (Å²) in [5.41, 5.74) is 6.60. The molecule has 3 heterocycles. The molecule has 1 saturated heterocycles. The van der Waals surface area contributed by atoms with Gasteiger partial charge in [-0.2, -0.15) is 5.10 Å². The number of aliphatic hydroxyl groups is 4. The second-order valence-corrected chi connectivity index (χ2v) is 10.9. The van der Waals surface area contributed by atoms with Crippen LogP contribution in [0.2, 0.25) is 0 Å². The first-order valence-electron chi connectivity index (χ1n) is 13.6. The van der Waals surface area contributed by atoms with Gasteiger partial charge in [0.2, 0.25) is 5.17 Å². The first-order valence-corrected chi connectivity index (χ1v) is 14.5. The van der Waals surface area contributed by atoms with Gasteiger partial charge in [0.1, 0.15) is 41.2 Å². The Morgan fingerprint density at radius 2 is 1.35 bits per heavy atom. The molecule has 0 bridgehead atoms. The molecule has 3 aromatic carbocycles. The molecular formula is C30H29N7O5S. The van der Waals surface area contributed by atoms with E-state index in [1.807, 2.05) is 91.0 Å². The number of aromatic nitrogens is 3.